The summed E-state index contributed by atoms with van der Waals surface area (Å²) in [4.78, 5) is 14.2. The average Bonchev–Trinajstić information content (AvgIpc) is 2.31. The third kappa shape index (κ3) is 3.44. The van der Waals surface area contributed by atoms with Crippen molar-refractivity contribution in [2.75, 3.05) is 19.6 Å². The summed E-state index contributed by atoms with van der Waals surface area (Å²) in [6.07, 6.45) is 8.75. The lowest BCUT2D eigenvalue weighted by Crippen LogP contribution is -2.58. The monoisotopic (exact) mass is 238 g/mol. The molecule has 1 saturated carbocycles. The molecule has 17 heavy (non-hydrogen) atoms. The molecule has 3 nitrogen and oxygen atoms in total. The molecule has 2 fully saturated rings. The van der Waals surface area contributed by atoms with Gasteiger partial charge in [-0.2, -0.15) is 0 Å². The molecule has 0 aromatic rings. The van der Waals surface area contributed by atoms with Gasteiger partial charge in [0, 0.05) is 26.1 Å². The smallest absolute Gasteiger partial charge is 0.222 e. The summed E-state index contributed by atoms with van der Waals surface area (Å²) in [5.74, 6) is 1.20. The van der Waals surface area contributed by atoms with E-state index < -0.39 is 0 Å². The molecule has 3 heteroatoms. The lowest BCUT2D eigenvalue weighted by molar-refractivity contribution is -0.134. The van der Waals surface area contributed by atoms with Crippen molar-refractivity contribution in [2.24, 2.45) is 5.92 Å². The van der Waals surface area contributed by atoms with Gasteiger partial charge in [-0.05, 0) is 19.3 Å². The molecule has 0 bridgehead atoms. The Morgan fingerprint density at radius 3 is 2.47 bits per heavy atom. The number of carbonyl (C=O) groups is 1. The highest BCUT2D eigenvalue weighted by molar-refractivity contribution is 5.76. The van der Waals surface area contributed by atoms with Crippen molar-refractivity contribution >= 4 is 5.91 Å². The van der Waals surface area contributed by atoms with Crippen LogP contribution in [0.1, 0.15) is 51.9 Å². The molecule has 1 saturated heterocycles. The summed E-state index contributed by atoms with van der Waals surface area (Å²) in [7, 11) is 0. The van der Waals surface area contributed by atoms with E-state index in [2.05, 4.69) is 17.1 Å². The Morgan fingerprint density at radius 1 is 1.24 bits per heavy atom. The van der Waals surface area contributed by atoms with Crippen molar-refractivity contribution in [3.05, 3.63) is 0 Å². The number of nitrogens with zero attached hydrogens (tertiary/aromatic N) is 1. The molecule has 1 aliphatic heterocycles. The maximum atomic E-state index is 12.1. The van der Waals surface area contributed by atoms with Crippen LogP contribution >= 0.6 is 0 Å². The van der Waals surface area contributed by atoms with Gasteiger partial charge in [-0.15, -0.1) is 0 Å². The fraction of sp³-hybridized carbons (Fsp3) is 0.929. The normalized spacial score (nSPS) is 22.2. The van der Waals surface area contributed by atoms with Crippen LogP contribution in [0.2, 0.25) is 0 Å². The largest absolute Gasteiger partial charge is 0.337 e. The van der Waals surface area contributed by atoms with Crippen molar-refractivity contribution in [3.63, 3.8) is 0 Å². The first kappa shape index (κ1) is 12.9. The maximum Gasteiger partial charge on any atom is 0.222 e. The SMILES string of the molecule is CCN(C(=O)CCC1CCCCC1)C1CNC1. The van der Waals surface area contributed by atoms with Crippen molar-refractivity contribution < 1.29 is 4.79 Å². The molecule has 2 aliphatic rings. The third-order valence-corrected chi connectivity index (χ3v) is 4.35. The number of hydrogen-bond donors (Lipinski definition) is 1. The lowest BCUT2D eigenvalue weighted by Gasteiger charge is -2.38. The van der Waals surface area contributed by atoms with E-state index in [4.69, 9.17) is 0 Å². The molecular weight excluding hydrogens is 212 g/mol. The molecule has 1 amide bonds. The van der Waals surface area contributed by atoms with Crippen molar-refractivity contribution in [3.8, 4) is 0 Å². The zero-order valence-electron chi connectivity index (χ0n) is 11.1. The summed E-state index contributed by atoms with van der Waals surface area (Å²) < 4.78 is 0. The fourth-order valence-corrected chi connectivity index (χ4v) is 3.08. The number of likely N-dealkylation sites (N-methyl/N-ethyl adjacent to an activating group) is 1. The summed E-state index contributed by atoms with van der Waals surface area (Å²) in [6, 6.07) is 0.471. The van der Waals surface area contributed by atoms with Crippen LogP contribution in [0.4, 0.5) is 0 Å². The first-order valence-corrected chi connectivity index (χ1v) is 7.31. The van der Waals surface area contributed by atoms with Crippen molar-refractivity contribution in [1.29, 1.82) is 0 Å². The van der Waals surface area contributed by atoms with Crippen LogP contribution in [0.15, 0.2) is 0 Å². The van der Waals surface area contributed by atoms with Crippen LogP contribution < -0.4 is 5.32 Å². The number of hydrogen-bond acceptors (Lipinski definition) is 2. The Morgan fingerprint density at radius 2 is 1.94 bits per heavy atom. The van der Waals surface area contributed by atoms with Crippen LogP contribution in [-0.4, -0.2) is 36.5 Å². The van der Waals surface area contributed by atoms with E-state index in [0.717, 1.165) is 38.4 Å². The van der Waals surface area contributed by atoms with Crippen molar-refractivity contribution in [1.82, 2.24) is 10.2 Å². The fourth-order valence-electron chi connectivity index (χ4n) is 3.08. The Labute approximate surface area is 105 Å². The highest BCUT2D eigenvalue weighted by Crippen LogP contribution is 2.27. The molecule has 0 spiro atoms. The minimum absolute atomic E-state index is 0.379. The number of rotatable bonds is 5. The van der Waals surface area contributed by atoms with Gasteiger partial charge in [0.25, 0.3) is 0 Å². The summed E-state index contributed by atoms with van der Waals surface area (Å²) in [5.41, 5.74) is 0. The van der Waals surface area contributed by atoms with E-state index in [0.29, 0.717) is 11.9 Å². The van der Waals surface area contributed by atoms with Gasteiger partial charge in [0.05, 0.1) is 6.04 Å². The molecule has 98 valence electrons. The molecule has 0 aromatic carbocycles. The van der Waals surface area contributed by atoms with E-state index in [1.807, 2.05) is 0 Å². The van der Waals surface area contributed by atoms with Crippen LogP contribution in [0.25, 0.3) is 0 Å². The summed E-state index contributed by atoms with van der Waals surface area (Å²) >= 11 is 0. The first-order valence-electron chi connectivity index (χ1n) is 7.31. The second-order valence-electron chi connectivity index (χ2n) is 5.53. The quantitative estimate of drug-likeness (QED) is 0.796. The maximum absolute atomic E-state index is 12.1. The Kier molecular flexibility index (Phi) is 4.84. The predicted octanol–water partition coefficient (Wildman–Crippen LogP) is 2.17. The number of carbonyl (C=O) groups excluding carboxylic acids is 1. The van der Waals surface area contributed by atoms with Crippen LogP contribution in [-0.2, 0) is 4.79 Å². The summed E-state index contributed by atoms with van der Waals surface area (Å²) in [6.45, 7) is 4.94. The topological polar surface area (TPSA) is 32.3 Å². The second-order valence-corrected chi connectivity index (χ2v) is 5.53. The molecular formula is C14H26N2O. The van der Waals surface area contributed by atoms with E-state index >= 15 is 0 Å². The van der Waals surface area contributed by atoms with Gasteiger partial charge in [0.1, 0.15) is 0 Å². The zero-order chi connectivity index (χ0) is 12.1. The highest BCUT2D eigenvalue weighted by atomic mass is 16.2. The summed E-state index contributed by atoms with van der Waals surface area (Å²) in [5, 5.41) is 3.24. The van der Waals surface area contributed by atoms with Gasteiger partial charge in [-0.25, -0.2) is 0 Å². The molecule has 1 heterocycles. The van der Waals surface area contributed by atoms with Crippen molar-refractivity contribution in [2.45, 2.75) is 57.9 Å². The minimum atomic E-state index is 0.379. The Balaban J connectivity index is 1.71. The van der Waals surface area contributed by atoms with Crippen LogP contribution in [0, 0.1) is 5.92 Å². The van der Waals surface area contributed by atoms with Gasteiger partial charge in [0.2, 0.25) is 5.91 Å². The zero-order valence-corrected chi connectivity index (χ0v) is 11.1. The minimum Gasteiger partial charge on any atom is -0.337 e. The third-order valence-electron chi connectivity index (χ3n) is 4.35. The van der Waals surface area contributed by atoms with Crippen LogP contribution in [0.5, 0.6) is 0 Å². The standard InChI is InChI=1S/C14H26N2O/c1-2-16(13-10-15-11-13)14(17)9-8-12-6-4-3-5-7-12/h12-13,15H,2-11H2,1H3. The molecule has 0 unspecified atom stereocenters. The van der Waals surface area contributed by atoms with Gasteiger partial charge in [-0.1, -0.05) is 32.1 Å². The van der Waals surface area contributed by atoms with E-state index in [1.165, 1.54) is 32.1 Å². The molecule has 1 aliphatic carbocycles. The first-order chi connectivity index (χ1) is 8.31. The Bertz CT molecular complexity index is 245. The predicted molar refractivity (Wildman–Crippen MR) is 69.9 cm³/mol. The number of amides is 1. The lowest BCUT2D eigenvalue weighted by atomic mass is 9.86. The van der Waals surface area contributed by atoms with Gasteiger partial charge in [0.15, 0.2) is 0 Å². The van der Waals surface area contributed by atoms with E-state index in [9.17, 15) is 4.79 Å². The molecule has 1 N–H and O–H groups in total. The average molecular weight is 238 g/mol. The van der Waals surface area contributed by atoms with E-state index in [-0.39, 0.29) is 0 Å². The number of nitrogens with one attached hydrogen (secondary N) is 1. The van der Waals surface area contributed by atoms with Gasteiger partial charge in [-0.3, -0.25) is 4.79 Å². The van der Waals surface area contributed by atoms with E-state index in [1.54, 1.807) is 0 Å². The molecule has 0 atom stereocenters. The molecule has 0 radical (unpaired) electrons. The van der Waals surface area contributed by atoms with Crippen LogP contribution in [0.3, 0.4) is 0 Å². The highest BCUT2D eigenvalue weighted by Gasteiger charge is 2.27. The Hall–Kier alpha value is -0.570. The van der Waals surface area contributed by atoms with Gasteiger partial charge < -0.3 is 10.2 Å². The molecule has 2 rings (SSSR count). The second kappa shape index (κ2) is 6.39. The van der Waals surface area contributed by atoms with Gasteiger partial charge >= 0.3 is 0 Å². The molecule has 0 aromatic heterocycles.